The monoisotopic (exact) mass is 445 g/mol. The van der Waals surface area contributed by atoms with Gasteiger partial charge in [0.2, 0.25) is 0 Å². The third-order valence-electron chi connectivity index (χ3n) is 7.78. The van der Waals surface area contributed by atoms with Gasteiger partial charge in [-0.3, -0.25) is 4.79 Å². The number of hydrogen-bond donors (Lipinski definition) is 4. The first kappa shape index (κ1) is 20.8. The fourth-order valence-electron chi connectivity index (χ4n) is 6.90. The Bertz CT molecular complexity index is 994. The predicted octanol–water partition coefficient (Wildman–Crippen LogP) is 3.62. The molecule has 1 amide bonds. The van der Waals surface area contributed by atoms with E-state index in [1.807, 2.05) is 0 Å². The van der Waals surface area contributed by atoms with Gasteiger partial charge >= 0.3 is 11.0 Å². The van der Waals surface area contributed by atoms with Crippen LogP contribution in [0.25, 0.3) is 10.2 Å². The number of carboxylic acid groups (broad SMARTS) is 1. The van der Waals surface area contributed by atoms with Crippen molar-refractivity contribution in [3.63, 3.8) is 0 Å². The molecule has 7 nitrogen and oxygen atoms in total. The van der Waals surface area contributed by atoms with E-state index >= 15 is 0 Å². The van der Waals surface area contributed by atoms with E-state index < -0.39 is 6.09 Å². The zero-order valence-corrected chi connectivity index (χ0v) is 18.5. The summed E-state index contributed by atoms with van der Waals surface area (Å²) in [5.41, 5.74) is 1.77. The fraction of sp³-hybridized carbons (Fsp3) is 0.652. The molecule has 1 heterocycles. The topological polar surface area (TPSA) is 106 Å². The third kappa shape index (κ3) is 4.20. The Balaban J connectivity index is 1.15. The number of aromatic hydroxyl groups is 1. The Kier molecular flexibility index (Phi) is 5.46. The highest BCUT2D eigenvalue weighted by molar-refractivity contribution is 7.16. The number of nitrogens with zero attached hydrogens (tertiary/aromatic N) is 1. The summed E-state index contributed by atoms with van der Waals surface area (Å²) in [5.74, 6) is 2.82. The van der Waals surface area contributed by atoms with Gasteiger partial charge in [0.15, 0.2) is 0 Å². The highest BCUT2D eigenvalue weighted by atomic mass is 32.1. The van der Waals surface area contributed by atoms with E-state index in [1.54, 1.807) is 12.1 Å². The number of H-pyrrole nitrogens is 1. The van der Waals surface area contributed by atoms with Crippen LogP contribution >= 0.6 is 11.3 Å². The molecule has 4 aliphatic carbocycles. The van der Waals surface area contributed by atoms with Crippen LogP contribution < -0.4 is 10.2 Å². The van der Waals surface area contributed by atoms with E-state index in [2.05, 4.69) is 10.3 Å². The Morgan fingerprint density at radius 3 is 2.48 bits per heavy atom. The minimum atomic E-state index is -0.922. The van der Waals surface area contributed by atoms with Crippen molar-refractivity contribution in [1.29, 1.82) is 0 Å². The lowest BCUT2D eigenvalue weighted by Crippen LogP contribution is -2.51. The summed E-state index contributed by atoms with van der Waals surface area (Å²) in [4.78, 5) is 27.3. The quantitative estimate of drug-likeness (QED) is 0.465. The molecule has 0 spiro atoms. The summed E-state index contributed by atoms with van der Waals surface area (Å²) in [7, 11) is 0. The van der Waals surface area contributed by atoms with Crippen LogP contribution in [0.2, 0.25) is 0 Å². The summed E-state index contributed by atoms with van der Waals surface area (Å²) < 4.78 is 0.704. The number of nitrogens with one attached hydrogen (secondary N) is 2. The van der Waals surface area contributed by atoms with Crippen LogP contribution in [0.5, 0.6) is 5.75 Å². The number of amides is 1. The van der Waals surface area contributed by atoms with Gasteiger partial charge in [-0.1, -0.05) is 17.4 Å². The highest BCUT2D eigenvalue weighted by Crippen LogP contribution is 2.59. The van der Waals surface area contributed by atoms with Crippen molar-refractivity contribution >= 4 is 27.6 Å². The average Bonchev–Trinajstić information content (AvgIpc) is 3.10. The van der Waals surface area contributed by atoms with Crippen molar-refractivity contribution in [2.75, 3.05) is 26.2 Å². The minimum absolute atomic E-state index is 0.0427. The first-order chi connectivity index (χ1) is 14.9. The normalized spacial score (nSPS) is 29.0. The molecule has 4 aliphatic rings. The molecule has 6 rings (SSSR count). The van der Waals surface area contributed by atoms with Crippen LogP contribution in [-0.2, 0) is 6.42 Å². The van der Waals surface area contributed by atoms with E-state index in [4.69, 9.17) is 0 Å². The molecule has 4 bridgehead atoms. The van der Waals surface area contributed by atoms with Crippen LogP contribution in [0.4, 0.5) is 4.79 Å². The van der Waals surface area contributed by atoms with Crippen molar-refractivity contribution < 1.29 is 15.0 Å². The van der Waals surface area contributed by atoms with Crippen molar-refractivity contribution in [3.8, 4) is 5.75 Å². The molecule has 31 heavy (non-hydrogen) atoms. The number of rotatable bonds is 8. The molecule has 0 unspecified atom stereocenters. The summed E-state index contributed by atoms with van der Waals surface area (Å²) in [6, 6.07) is 3.32. The van der Waals surface area contributed by atoms with Crippen molar-refractivity contribution in [2.45, 2.75) is 44.9 Å². The predicted molar refractivity (Wildman–Crippen MR) is 121 cm³/mol. The summed E-state index contributed by atoms with van der Waals surface area (Å²) >= 11 is 1.05. The van der Waals surface area contributed by atoms with E-state index in [9.17, 15) is 19.8 Å². The Morgan fingerprint density at radius 1 is 1.16 bits per heavy atom. The Morgan fingerprint density at radius 2 is 1.84 bits per heavy atom. The zero-order valence-electron chi connectivity index (χ0n) is 17.7. The number of carbonyl (C=O) groups is 1. The van der Waals surface area contributed by atoms with Crippen LogP contribution in [0.15, 0.2) is 16.9 Å². The lowest BCUT2D eigenvalue weighted by atomic mass is 9.49. The molecular weight excluding hydrogens is 414 g/mol. The fourth-order valence-corrected chi connectivity index (χ4v) is 7.80. The molecule has 4 fully saturated rings. The SMILES string of the molecule is O=C(O)N(CCNCC12CC3CC(CC(C3)C1)C2)CCc1ccc(O)c2[nH]c(=O)sc12. The van der Waals surface area contributed by atoms with Gasteiger partial charge < -0.3 is 25.4 Å². The van der Waals surface area contributed by atoms with Crippen molar-refractivity contribution in [2.24, 2.45) is 23.2 Å². The smallest absolute Gasteiger partial charge is 0.407 e. The van der Waals surface area contributed by atoms with E-state index in [-0.39, 0.29) is 10.6 Å². The van der Waals surface area contributed by atoms with Crippen LogP contribution in [-0.4, -0.2) is 52.4 Å². The molecule has 4 N–H and O–H groups in total. The number of aromatic amines is 1. The molecule has 4 saturated carbocycles. The molecule has 8 heteroatoms. The molecule has 0 atom stereocenters. The largest absolute Gasteiger partial charge is 0.506 e. The lowest BCUT2D eigenvalue weighted by molar-refractivity contribution is -0.0512. The van der Waals surface area contributed by atoms with E-state index in [0.717, 1.165) is 41.2 Å². The molecule has 0 radical (unpaired) electrons. The maximum atomic E-state index is 11.8. The number of aromatic nitrogens is 1. The first-order valence-corrected chi connectivity index (χ1v) is 12.2. The number of hydrogen-bond acceptors (Lipinski definition) is 5. The van der Waals surface area contributed by atoms with Gasteiger partial charge in [-0.15, -0.1) is 0 Å². The van der Waals surface area contributed by atoms with Crippen molar-refractivity contribution in [3.05, 3.63) is 27.4 Å². The van der Waals surface area contributed by atoms with Gasteiger partial charge in [0.1, 0.15) is 11.3 Å². The number of phenols is 1. The molecule has 0 saturated heterocycles. The first-order valence-electron chi connectivity index (χ1n) is 11.4. The molecule has 0 aliphatic heterocycles. The maximum Gasteiger partial charge on any atom is 0.407 e. The van der Waals surface area contributed by atoms with E-state index in [0.29, 0.717) is 41.7 Å². The lowest BCUT2D eigenvalue weighted by Gasteiger charge is -2.57. The van der Waals surface area contributed by atoms with Crippen LogP contribution in [0, 0.1) is 23.2 Å². The van der Waals surface area contributed by atoms with Crippen LogP contribution in [0.1, 0.15) is 44.1 Å². The summed E-state index contributed by atoms with van der Waals surface area (Å²) in [6.45, 7) is 2.49. The van der Waals surface area contributed by atoms with Gasteiger partial charge in [-0.25, -0.2) is 4.79 Å². The maximum absolute atomic E-state index is 11.8. The highest BCUT2D eigenvalue weighted by Gasteiger charge is 2.50. The molecule has 2 aromatic rings. The van der Waals surface area contributed by atoms with Gasteiger partial charge in [0.05, 0.1) is 4.70 Å². The van der Waals surface area contributed by atoms with E-state index in [1.165, 1.54) is 43.4 Å². The zero-order chi connectivity index (χ0) is 21.6. The summed E-state index contributed by atoms with van der Waals surface area (Å²) in [5, 5.41) is 23.2. The van der Waals surface area contributed by atoms with Gasteiger partial charge in [0.25, 0.3) is 0 Å². The van der Waals surface area contributed by atoms with Crippen LogP contribution in [0.3, 0.4) is 0 Å². The number of phenolic OH excluding ortho intramolecular Hbond substituents is 1. The van der Waals surface area contributed by atoms with Crippen molar-refractivity contribution in [1.82, 2.24) is 15.2 Å². The molecule has 1 aromatic carbocycles. The van der Waals surface area contributed by atoms with Gasteiger partial charge in [-0.05, 0) is 79.7 Å². The Hall–Kier alpha value is -2.06. The second-order valence-corrected chi connectivity index (χ2v) is 11.1. The number of fused-ring (bicyclic) bond motifs is 1. The second-order valence-electron chi connectivity index (χ2n) is 10.1. The Labute approximate surface area is 185 Å². The third-order valence-corrected chi connectivity index (χ3v) is 8.74. The second kappa shape index (κ2) is 8.13. The summed E-state index contributed by atoms with van der Waals surface area (Å²) in [6.07, 6.45) is 7.95. The molecular formula is C23H31N3O4S. The van der Waals surface area contributed by atoms with Gasteiger partial charge in [-0.2, -0.15) is 0 Å². The standard InChI is InChI=1S/C23H31N3O4S/c27-18-2-1-17(20-19(18)25-21(28)31-20)3-5-26(22(29)30)6-4-24-13-23-10-14-7-15(11-23)9-16(8-14)12-23/h1-2,14-16,24,27H,3-13H2,(H,25,28)(H,29,30). The molecule has 1 aromatic heterocycles. The number of thiazole rings is 1. The minimum Gasteiger partial charge on any atom is -0.506 e. The molecule has 168 valence electrons. The van der Waals surface area contributed by atoms with Gasteiger partial charge in [0, 0.05) is 26.2 Å². The average molecular weight is 446 g/mol. The number of benzene rings is 1.